The summed E-state index contributed by atoms with van der Waals surface area (Å²) in [5, 5.41) is 0. The van der Waals surface area contributed by atoms with Gasteiger partial charge >= 0.3 is 0 Å². The summed E-state index contributed by atoms with van der Waals surface area (Å²) in [5.74, 6) is 5.90. The quantitative estimate of drug-likeness (QED) is 0.497. The van der Waals surface area contributed by atoms with Gasteiger partial charge in [0.25, 0.3) is 0 Å². The normalized spacial score (nSPS) is 25.2. The monoisotopic (exact) mass is 292 g/mol. The van der Waals surface area contributed by atoms with Crippen LogP contribution in [-0.4, -0.2) is 76.0 Å². The van der Waals surface area contributed by atoms with Crippen molar-refractivity contribution >= 4 is 9.84 Å². The van der Waals surface area contributed by atoms with Crippen LogP contribution in [0.2, 0.25) is 0 Å². The van der Waals surface area contributed by atoms with Crippen molar-refractivity contribution < 1.29 is 8.42 Å². The Morgan fingerprint density at radius 2 is 2.05 bits per heavy atom. The summed E-state index contributed by atoms with van der Waals surface area (Å²) in [5.41, 5.74) is 2.87. The molecule has 6 nitrogen and oxygen atoms in total. The fraction of sp³-hybridized carbons (Fsp3) is 1.00. The van der Waals surface area contributed by atoms with E-state index < -0.39 is 9.84 Å². The molecule has 1 aliphatic rings. The molecule has 0 bridgehead atoms. The Bertz CT molecular complexity index is 361. The summed E-state index contributed by atoms with van der Waals surface area (Å²) in [6.07, 6.45) is 3.88. The maximum Gasteiger partial charge on any atom is 0.147 e. The van der Waals surface area contributed by atoms with Crippen LogP contribution in [0.5, 0.6) is 0 Å². The zero-order chi connectivity index (χ0) is 14.5. The van der Waals surface area contributed by atoms with Crippen molar-refractivity contribution in [2.24, 2.45) is 5.84 Å². The van der Waals surface area contributed by atoms with Crippen LogP contribution in [0.15, 0.2) is 0 Å². The fourth-order valence-corrected chi connectivity index (χ4v) is 3.38. The van der Waals surface area contributed by atoms with Crippen LogP contribution in [0.25, 0.3) is 0 Å². The maximum absolute atomic E-state index is 11.2. The third-order valence-electron chi connectivity index (χ3n) is 3.82. The van der Waals surface area contributed by atoms with Gasteiger partial charge in [-0.1, -0.05) is 0 Å². The molecule has 0 amide bonds. The Morgan fingerprint density at radius 1 is 1.37 bits per heavy atom. The topological polar surface area (TPSA) is 78.7 Å². The van der Waals surface area contributed by atoms with Crippen LogP contribution < -0.4 is 11.3 Å². The van der Waals surface area contributed by atoms with Crippen molar-refractivity contribution in [3.8, 4) is 0 Å². The van der Waals surface area contributed by atoms with E-state index in [9.17, 15) is 8.42 Å². The first kappa shape index (κ1) is 16.8. The highest BCUT2D eigenvalue weighted by Gasteiger charge is 2.27. The van der Waals surface area contributed by atoms with Gasteiger partial charge in [0.05, 0.1) is 0 Å². The molecule has 1 rings (SSSR count). The summed E-state index contributed by atoms with van der Waals surface area (Å²) >= 11 is 0. The van der Waals surface area contributed by atoms with Crippen LogP contribution in [0.3, 0.4) is 0 Å². The molecule has 0 saturated carbocycles. The first-order chi connectivity index (χ1) is 8.83. The molecular formula is C12H28N4O2S. The second kappa shape index (κ2) is 7.54. The molecule has 0 aromatic heterocycles. The second-order valence-electron chi connectivity index (χ2n) is 5.71. The van der Waals surface area contributed by atoms with Crippen molar-refractivity contribution in [2.75, 3.05) is 45.7 Å². The summed E-state index contributed by atoms with van der Waals surface area (Å²) in [4.78, 5) is 4.64. The summed E-state index contributed by atoms with van der Waals surface area (Å²) in [6, 6.07) is 0.462. The van der Waals surface area contributed by atoms with Gasteiger partial charge in [0, 0.05) is 30.6 Å². The van der Waals surface area contributed by atoms with Crippen molar-refractivity contribution in [1.82, 2.24) is 15.2 Å². The number of hydrazine groups is 1. The van der Waals surface area contributed by atoms with Gasteiger partial charge in [-0.2, -0.15) is 0 Å². The molecule has 1 saturated heterocycles. The lowest BCUT2D eigenvalue weighted by Gasteiger charge is -2.34. The van der Waals surface area contributed by atoms with Crippen molar-refractivity contribution in [2.45, 2.75) is 31.3 Å². The second-order valence-corrected chi connectivity index (χ2v) is 7.97. The molecule has 2 unspecified atom stereocenters. The van der Waals surface area contributed by atoms with Crippen LogP contribution in [0, 0.1) is 0 Å². The maximum atomic E-state index is 11.2. The van der Waals surface area contributed by atoms with Gasteiger partial charge in [0.1, 0.15) is 9.84 Å². The lowest BCUT2D eigenvalue weighted by Crippen LogP contribution is -2.54. The van der Waals surface area contributed by atoms with Crippen molar-refractivity contribution in [3.63, 3.8) is 0 Å². The van der Waals surface area contributed by atoms with E-state index in [0.29, 0.717) is 12.5 Å². The third-order valence-corrected chi connectivity index (χ3v) is 4.85. The summed E-state index contributed by atoms with van der Waals surface area (Å²) < 4.78 is 22.4. The van der Waals surface area contributed by atoms with Crippen molar-refractivity contribution in [1.29, 1.82) is 0 Å². The van der Waals surface area contributed by atoms with Crippen molar-refractivity contribution in [3.05, 3.63) is 0 Å². The van der Waals surface area contributed by atoms with Gasteiger partial charge in [-0.05, 0) is 46.4 Å². The van der Waals surface area contributed by atoms with Gasteiger partial charge in [-0.25, -0.2) is 8.42 Å². The average Bonchev–Trinajstić information content (AvgIpc) is 2.46. The lowest BCUT2D eigenvalue weighted by atomic mass is 10.0. The van der Waals surface area contributed by atoms with Gasteiger partial charge in [0.15, 0.2) is 0 Å². The molecule has 0 aliphatic carbocycles. The molecule has 2 atom stereocenters. The van der Waals surface area contributed by atoms with Gasteiger partial charge in [-0.3, -0.25) is 11.3 Å². The Morgan fingerprint density at radius 3 is 2.63 bits per heavy atom. The molecule has 0 spiro atoms. The largest absolute Gasteiger partial charge is 0.305 e. The van der Waals surface area contributed by atoms with E-state index >= 15 is 0 Å². The Balaban J connectivity index is 2.56. The number of nitrogens with one attached hydrogen (secondary N) is 1. The number of nitrogens with zero attached hydrogens (tertiary/aromatic N) is 2. The molecule has 0 radical (unpaired) electrons. The summed E-state index contributed by atoms with van der Waals surface area (Å²) in [6.45, 7) is 3.12. The highest BCUT2D eigenvalue weighted by Crippen LogP contribution is 2.14. The van der Waals surface area contributed by atoms with Crippen LogP contribution in [0.1, 0.15) is 19.3 Å². The lowest BCUT2D eigenvalue weighted by molar-refractivity contribution is 0.172. The van der Waals surface area contributed by atoms with Gasteiger partial charge in [0.2, 0.25) is 0 Å². The highest BCUT2D eigenvalue weighted by molar-refractivity contribution is 7.90. The molecule has 7 heteroatoms. The average molecular weight is 292 g/mol. The Hall–Kier alpha value is -0.210. The molecule has 1 fully saturated rings. The smallest absolute Gasteiger partial charge is 0.147 e. The third kappa shape index (κ3) is 6.18. The molecule has 0 aromatic rings. The van der Waals surface area contributed by atoms with Crippen LogP contribution >= 0.6 is 0 Å². The SMILES string of the molecule is CN1CCCN(C)C(C(CCCS(C)(=O)=O)NN)C1. The number of hydrogen-bond acceptors (Lipinski definition) is 6. The first-order valence-corrected chi connectivity index (χ1v) is 8.92. The number of nitrogens with two attached hydrogens (primary N) is 1. The van der Waals surface area contributed by atoms with Gasteiger partial charge in [-0.15, -0.1) is 0 Å². The van der Waals surface area contributed by atoms with Gasteiger partial charge < -0.3 is 9.80 Å². The number of sulfone groups is 1. The highest BCUT2D eigenvalue weighted by atomic mass is 32.2. The Labute approximate surface area is 117 Å². The molecule has 3 N–H and O–H groups in total. The Kier molecular flexibility index (Phi) is 6.68. The number of likely N-dealkylation sites (N-methyl/N-ethyl adjacent to an activating group) is 2. The first-order valence-electron chi connectivity index (χ1n) is 6.86. The van der Waals surface area contributed by atoms with E-state index in [0.717, 1.165) is 32.5 Å². The molecular weight excluding hydrogens is 264 g/mol. The molecule has 0 aromatic carbocycles. The predicted molar refractivity (Wildman–Crippen MR) is 78.6 cm³/mol. The molecule has 1 aliphatic heterocycles. The zero-order valence-corrected chi connectivity index (χ0v) is 13.1. The zero-order valence-electron chi connectivity index (χ0n) is 12.3. The molecule has 19 heavy (non-hydrogen) atoms. The van der Waals surface area contributed by atoms with Crippen LogP contribution in [0.4, 0.5) is 0 Å². The number of rotatable bonds is 6. The van der Waals surface area contributed by atoms with E-state index in [2.05, 4.69) is 29.3 Å². The standard InChI is InChI=1S/C12H28N4O2S/c1-15-7-5-8-16(2)12(10-15)11(14-13)6-4-9-19(3,17)18/h11-12,14H,4-10,13H2,1-3H3. The predicted octanol–water partition coefficient (Wildman–Crippen LogP) is -0.721. The molecule has 114 valence electrons. The van der Waals surface area contributed by atoms with Crippen LogP contribution in [-0.2, 0) is 9.84 Å². The minimum atomic E-state index is -2.88. The van der Waals surface area contributed by atoms with E-state index in [4.69, 9.17) is 5.84 Å². The minimum Gasteiger partial charge on any atom is -0.305 e. The number of hydrogen-bond donors (Lipinski definition) is 2. The minimum absolute atomic E-state index is 0.132. The fourth-order valence-electron chi connectivity index (χ4n) is 2.69. The van der Waals surface area contributed by atoms with E-state index in [-0.39, 0.29) is 11.8 Å². The van der Waals surface area contributed by atoms with E-state index in [1.54, 1.807) is 0 Å². The van der Waals surface area contributed by atoms with E-state index in [1.807, 2.05) is 0 Å². The van der Waals surface area contributed by atoms with E-state index in [1.165, 1.54) is 6.26 Å². The molecule has 1 heterocycles. The summed E-state index contributed by atoms with van der Waals surface area (Å²) in [7, 11) is 1.35.